The first-order chi connectivity index (χ1) is 6.35. The summed E-state index contributed by atoms with van der Waals surface area (Å²) in [4.78, 5) is 0. The van der Waals surface area contributed by atoms with Crippen molar-refractivity contribution in [1.82, 2.24) is 5.16 Å². The lowest BCUT2D eigenvalue weighted by Crippen LogP contribution is -1.84. The van der Waals surface area contributed by atoms with Gasteiger partial charge in [0, 0.05) is 6.07 Å². The summed E-state index contributed by atoms with van der Waals surface area (Å²) in [6.45, 7) is 0. The van der Waals surface area contributed by atoms with E-state index in [1.54, 1.807) is 19.2 Å². The first-order valence-electron chi connectivity index (χ1n) is 3.67. The van der Waals surface area contributed by atoms with Gasteiger partial charge in [0.15, 0.2) is 5.58 Å². The third-order valence-corrected chi connectivity index (χ3v) is 1.80. The van der Waals surface area contributed by atoms with E-state index in [4.69, 9.17) is 14.5 Å². The Bertz CT molecular complexity index is 482. The molecule has 64 valence electrons. The summed E-state index contributed by atoms with van der Waals surface area (Å²) in [6.07, 6.45) is 1.52. The molecule has 0 bridgehead atoms. The predicted molar refractivity (Wildman–Crippen MR) is 45.3 cm³/mol. The van der Waals surface area contributed by atoms with Gasteiger partial charge in [0.05, 0.1) is 24.3 Å². The topological polar surface area (TPSA) is 59.0 Å². The summed E-state index contributed by atoms with van der Waals surface area (Å²) in [5, 5.41) is 13.1. The van der Waals surface area contributed by atoms with Gasteiger partial charge >= 0.3 is 0 Å². The van der Waals surface area contributed by atoms with Crippen LogP contribution in [0, 0.1) is 11.3 Å². The molecule has 2 rings (SSSR count). The van der Waals surface area contributed by atoms with E-state index in [0.717, 1.165) is 0 Å². The van der Waals surface area contributed by atoms with Crippen molar-refractivity contribution in [2.24, 2.45) is 0 Å². The molecule has 1 aromatic carbocycles. The molecule has 0 unspecified atom stereocenters. The molecule has 0 atom stereocenters. The second-order valence-electron chi connectivity index (χ2n) is 2.52. The Hall–Kier alpha value is -2.02. The van der Waals surface area contributed by atoms with Gasteiger partial charge < -0.3 is 9.26 Å². The van der Waals surface area contributed by atoms with Crippen LogP contribution in [0.1, 0.15) is 5.56 Å². The zero-order valence-electron chi connectivity index (χ0n) is 6.94. The number of nitrogens with zero attached hydrogens (tertiary/aromatic N) is 2. The minimum atomic E-state index is 0.510. The smallest absolute Gasteiger partial charge is 0.171 e. The molecule has 0 N–H and O–H groups in total. The highest BCUT2D eigenvalue weighted by Crippen LogP contribution is 2.24. The molecule has 0 amide bonds. The fourth-order valence-corrected chi connectivity index (χ4v) is 1.16. The van der Waals surface area contributed by atoms with Gasteiger partial charge in [0.25, 0.3) is 0 Å². The van der Waals surface area contributed by atoms with Crippen LogP contribution in [-0.2, 0) is 0 Å². The van der Waals surface area contributed by atoms with E-state index in [2.05, 4.69) is 11.2 Å². The fourth-order valence-electron chi connectivity index (χ4n) is 1.16. The highest BCUT2D eigenvalue weighted by molar-refractivity contribution is 5.84. The Kier molecular flexibility index (Phi) is 1.64. The lowest BCUT2D eigenvalue weighted by Gasteiger charge is -1.98. The average molecular weight is 174 g/mol. The van der Waals surface area contributed by atoms with Crippen LogP contribution in [-0.4, -0.2) is 12.3 Å². The van der Waals surface area contributed by atoms with Crippen LogP contribution in [0.3, 0.4) is 0 Å². The van der Waals surface area contributed by atoms with Crippen LogP contribution in [0.15, 0.2) is 22.9 Å². The first kappa shape index (κ1) is 7.62. The van der Waals surface area contributed by atoms with Gasteiger partial charge in [-0.15, -0.1) is 0 Å². The van der Waals surface area contributed by atoms with Gasteiger partial charge in [-0.1, -0.05) is 5.16 Å². The van der Waals surface area contributed by atoms with Crippen molar-refractivity contribution in [3.63, 3.8) is 0 Å². The van der Waals surface area contributed by atoms with Crippen molar-refractivity contribution in [1.29, 1.82) is 5.26 Å². The maximum Gasteiger partial charge on any atom is 0.171 e. The molecule has 2 aromatic rings. The Morgan fingerprint density at radius 3 is 3.08 bits per heavy atom. The number of fused-ring (bicyclic) bond motifs is 1. The fraction of sp³-hybridized carbons (Fsp3) is 0.111. The van der Waals surface area contributed by atoms with Crippen LogP contribution >= 0.6 is 0 Å². The SMILES string of the molecule is COc1cc(C#N)c2cnoc2c1. The minimum absolute atomic E-state index is 0.510. The number of rotatable bonds is 1. The van der Waals surface area contributed by atoms with E-state index in [0.29, 0.717) is 22.3 Å². The van der Waals surface area contributed by atoms with E-state index >= 15 is 0 Å². The van der Waals surface area contributed by atoms with Crippen molar-refractivity contribution in [3.05, 3.63) is 23.9 Å². The second kappa shape index (κ2) is 2.79. The molecule has 0 aliphatic carbocycles. The van der Waals surface area contributed by atoms with E-state index in [1.807, 2.05) is 0 Å². The van der Waals surface area contributed by atoms with E-state index < -0.39 is 0 Å². The van der Waals surface area contributed by atoms with Gasteiger partial charge in [0.1, 0.15) is 11.8 Å². The van der Waals surface area contributed by atoms with E-state index in [1.165, 1.54) is 6.20 Å². The number of methoxy groups -OCH3 is 1. The summed E-state index contributed by atoms with van der Waals surface area (Å²) in [7, 11) is 1.54. The van der Waals surface area contributed by atoms with Crippen LogP contribution in [0.2, 0.25) is 0 Å². The lowest BCUT2D eigenvalue weighted by molar-refractivity contribution is 0.411. The summed E-state index contributed by atoms with van der Waals surface area (Å²) < 4.78 is 9.92. The Morgan fingerprint density at radius 2 is 2.38 bits per heavy atom. The molecule has 1 heterocycles. The maximum absolute atomic E-state index is 8.80. The van der Waals surface area contributed by atoms with Crippen LogP contribution in [0.25, 0.3) is 11.0 Å². The number of hydrogen-bond acceptors (Lipinski definition) is 4. The van der Waals surface area contributed by atoms with Gasteiger partial charge in [-0.3, -0.25) is 0 Å². The molecular weight excluding hydrogens is 168 g/mol. The quantitative estimate of drug-likeness (QED) is 0.660. The number of hydrogen-bond donors (Lipinski definition) is 0. The summed E-state index contributed by atoms with van der Waals surface area (Å²) >= 11 is 0. The number of ether oxygens (including phenoxy) is 1. The molecule has 0 saturated carbocycles. The highest BCUT2D eigenvalue weighted by atomic mass is 16.5. The molecule has 0 radical (unpaired) electrons. The maximum atomic E-state index is 8.80. The van der Waals surface area contributed by atoms with Gasteiger partial charge in [0.2, 0.25) is 0 Å². The normalized spacial score (nSPS) is 9.85. The van der Waals surface area contributed by atoms with Gasteiger partial charge in [-0.2, -0.15) is 5.26 Å². The van der Waals surface area contributed by atoms with E-state index in [9.17, 15) is 0 Å². The molecule has 0 saturated heterocycles. The van der Waals surface area contributed by atoms with Crippen LogP contribution < -0.4 is 4.74 Å². The predicted octanol–water partition coefficient (Wildman–Crippen LogP) is 1.71. The molecule has 0 aliphatic rings. The Morgan fingerprint density at radius 1 is 1.54 bits per heavy atom. The van der Waals surface area contributed by atoms with E-state index in [-0.39, 0.29) is 0 Å². The molecule has 0 aliphatic heterocycles. The number of nitriles is 1. The van der Waals surface area contributed by atoms with Crippen molar-refractivity contribution in [2.75, 3.05) is 7.11 Å². The molecular formula is C9H6N2O2. The first-order valence-corrected chi connectivity index (χ1v) is 3.67. The third kappa shape index (κ3) is 1.11. The largest absolute Gasteiger partial charge is 0.497 e. The van der Waals surface area contributed by atoms with Crippen molar-refractivity contribution in [2.45, 2.75) is 0 Å². The van der Waals surface area contributed by atoms with Crippen LogP contribution in [0.4, 0.5) is 0 Å². The minimum Gasteiger partial charge on any atom is -0.497 e. The molecule has 1 aromatic heterocycles. The molecule has 13 heavy (non-hydrogen) atoms. The van der Waals surface area contributed by atoms with Gasteiger partial charge in [-0.25, -0.2) is 0 Å². The third-order valence-electron chi connectivity index (χ3n) is 1.80. The van der Waals surface area contributed by atoms with Crippen molar-refractivity contribution in [3.8, 4) is 11.8 Å². The summed E-state index contributed by atoms with van der Waals surface area (Å²) in [5.41, 5.74) is 1.08. The second-order valence-corrected chi connectivity index (χ2v) is 2.52. The lowest BCUT2D eigenvalue weighted by atomic mass is 10.1. The number of benzene rings is 1. The van der Waals surface area contributed by atoms with Gasteiger partial charge in [-0.05, 0) is 6.07 Å². The highest BCUT2D eigenvalue weighted by Gasteiger charge is 2.06. The zero-order chi connectivity index (χ0) is 9.26. The molecule has 0 fully saturated rings. The average Bonchev–Trinajstić information content (AvgIpc) is 2.63. The van der Waals surface area contributed by atoms with Crippen LogP contribution in [0.5, 0.6) is 5.75 Å². The molecule has 4 nitrogen and oxygen atoms in total. The zero-order valence-corrected chi connectivity index (χ0v) is 6.94. The summed E-state index contributed by atoms with van der Waals surface area (Å²) in [5.74, 6) is 0.598. The Balaban J connectivity index is 2.79. The molecule has 4 heteroatoms. The standard InChI is InChI=1S/C9H6N2O2/c1-12-7-2-6(4-10)8-5-11-13-9(8)3-7/h2-3,5H,1H3. The summed E-state index contributed by atoms with van der Waals surface area (Å²) in [6, 6.07) is 5.40. The monoisotopic (exact) mass is 174 g/mol. The van der Waals surface area contributed by atoms with Crippen molar-refractivity contribution < 1.29 is 9.26 Å². The Labute approximate surface area is 74.3 Å². The number of aromatic nitrogens is 1. The van der Waals surface area contributed by atoms with Crippen molar-refractivity contribution >= 4 is 11.0 Å². The molecule has 0 spiro atoms.